The zero-order valence-corrected chi connectivity index (χ0v) is 9.71. The number of carboxylic acid groups (broad SMARTS) is 1. The van der Waals surface area contributed by atoms with Gasteiger partial charge in [-0.3, -0.25) is 0 Å². The fraction of sp³-hybridized carbons (Fsp3) is 0.0714. The monoisotopic (exact) mass is 243 g/mol. The summed E-state index contributed by atoms with van der Waals surface area (Å²) < 4.78 is 5.10. The van der Waals surface area contributed by atoms with Crippen LogP contribution in [-0.2, 0) is 0 Å². The highest BCUT2D eigenvalue weighted by molar-refractivity contribution is 5.92. The molecule has 0 atom stereocenters. The first-order valence-corrected chi connectivity index (χ1v) is 5.30. The molecule has 1 N–H and O–H groups in total. The van der Waals surface area contributed by atoms with E-state index in [1.54, 1.807) is 31.4 Å². The average molecular weight is 243 g/mol. The van der Waals surface area contributed by atoms with Crippen LogP contribution in [0.1, 0.15) is 10.4 Å². The van der Waals surface area contributed by atoms with E-state index in [2.05, 4.69) is 0 Å². The summed E-state index contributed by atoms with van der Waals surface area (Å²) in [6, 6.07) is 11.4. The van der Waals surface area contributed by atoms with Crippen molar-refractivity contribution in [2.24, 2.45) is 0 Å². The summed E-state index contributed by atoms with van der Waals surface area (Å²) in [5.74, 6) is -1.03. The molecule has 0 radical (unpaired) electrons. The highest BCUT2D eigenvalue weighted by Crippen LogP contribution is 2.27. The van der Waals surface area contributed by atoms with Crippen molar-refractivity contribution < 1.29 is 19.7 Å². The first kappa shape index (κ1) is 12.0. The number of hydrogen-bond acceptors (Lipinski definition) is 3. The lowest BCUT2D eigenvalue weighted by Gasteiger charge is -2.12. The molecule has 0 aliphatic rings. The average Bonchev–Trinajstić information content (AvgIpc) is 2.39. The third kappa shape index (κ3) is 2.27. The minimum Gasteiger partial charge on any atom is -0.872 e. The zero-order chi connectivity index (χ0) is 13.1. The molecule has 2 rings (SSSR count). The number of carboxylic acids is 1. The molecule has 4 nitrogen and oxygen atoms in total. The fourth-order valence-corrected chi connectivity index (χ4v) is 1.68. The van der Waals surface area contributed by atoms with E-state index in [4.69, 9.17) is 9.84 Å². The van der Waals surface area contributed by atoms with Gasteiger partial charge >= 0.3 is 5.97 Å². The van der Waals surface area contributed by atoms with Gasteiger partial charge in [-0.25, -0.2) is 4.79 Å². The Kier molecular flexibility index (Phi) is 3.19. The summed E-state index contributed by atoms with van der Waals surface area (Å²) in [5.41, 5.74) is 1.25. The van der Waals surface area contributed by atoms with Gasteiger partial charge in [-0.1, -0.05) is 30.0 Å². The Morgan fingerprint density at radius 3 is 2.56 bits per heavy atom. The molecule has 2 aromatic rings. The van der Waals surface area contributed by atoms with E-state index in [-0.39, 0.29) is 5.56 Å². The van der Waals surface area contributed by atoms with Crippen molar-refractivity contribution in [2.45, 2.75) is 0 Å². The minimum atomic E-state index is -1.22. The van der Waals surface area contributed by atoms with E-state index in [1.165, 1.54) is 12.1 Å². The fourth-order valence-electron chi connectivity index (χ4n) is 1.68. The number of aromatic carboxylic acids is 1. The molecule has 0 fully saturated rings. The summed E-state index contributed by atoms with van der Waals surface area (Å²) in [7, 11) is 1.56. The van der Waals surface area contributed by atoms with Crippen LogP contribution in [0, 0.1) is 0 Å². The van der Waals surface area contributed by atoms with Gasteiger partial charge in [-0.2, -0.15) is 0 Å². The van der Waals surface area contributed by atoms with Crippen LogP contribution in [0.5, 0.6) is 11.5 Å². The maximum atomic E-state index is 11.4. The Balaban J connectivity index is 2.50. The van der Waals surface area contributed by atoms with Gasteiger partial charge < -0.3 is 14.9 Å². The summed E-state index contributed by atoms with van der Waals surface area (Å²) in [6.07, 6.45) is 0. The Morgan fingerprint density at radius 1 is 1.17 bits per heavy atom. The summed E-state index contributed by atoms with van der Waals surface area (Å²) in [5, 5.41) is 20.3. The topological polar surface area (TPSA) is 69.6 Å². The van der Waals surface area contributed by atoms with Crippen LogP contribution in [0.2, 0.25) is 0 Å². The summed E-state index contributed by atoms with van der Waals surface area (Å²) in [6.45, 7) is 0. The first-order chi connectivity index (χ1) is 8.61. The largest absolute Gasteiger partial charge is 0.872 e. The van der Waals surface area contributed by atoms with Gasteiger partial charge in [0.15, 0.2) is 0 Å². The van der Waals surface area contributed by atoms with Crippen LogP contribution in [-0.4, -0.2) is 18.2 Å². The van der Waals surface area contributed by atoms with Crippen LogP contribution in [0.3, 0.4) is 0 Å². The third-order valence-corrected chi connectivity index (χ3v) is 2.61. The highest BCUT2D eigenvalue weighted by Gasteiger charge is 2.07. The molecule has 0 bridgehead atoms. The Labute approximate surface area is 104 Å². The van der Waals surface area contributed by atoms with Crippen molar-refractivity contribution in [1.29, 1.82) is 0 Å². The zero-order valence-electron chi connectivity index (χ0n) is 9.71. The predicted octanol–water partition coefficient (Wildman–Crippen LogP) is 2.13. The number of carbonyl (C=O) groups is 1. The van der Waals surface area contributed by atoms with E-state index >= 15 is 0 Å². The second-order valence-electron chi connectivity index (χ2n) is 3.75. The standard InChI is InChI=1S/C14H12O4/c1-18-11-4-2-3-9(7-11)10-5-6-13(15)12(8-10)14(16)17/h2-8,15H,1H3,(H,16,17)/p-1. The Morgan fingerprint density at radius 2 is 1.89 bits per heavy atom. The predicted molar refractivity (Wildman–Crippen MR) is 64.8 cm³/mol. The molecule has 2 aromatic carbocycles. The Hall–Kier alpha value is -2.49. The van der Waals surface area contributed by atoms with Crippen molar-refractivity contribution in [2.75, 3.05) is 7.11 Å². The first-order valence-electron chi connectivity index (χ1n) is 5.30. The second kappa shape index (κ2) is 4.79. The molecule has 0 aliphatic carbocycles. The van der Waals surface area contributed by atoms with Crippen LogP contribution in [0.15, 0.2) is 42.5 Å². The van der Waals surface area contributed by atoms with Crippen molar-refractivity contribution in [1.82, 2.24) is 0 Å². The quantitative estimate of drug-likeness (QED) is 0.896. The SMILES string of the molecule is COc1cccc(-c2ccc([O-])c(C(=O)O)c2)c1. The molecular formula is C14H11O4-. The molecule has 0 aliphatic heterocycles. The lowest BCUT2D eigenvalue weighted by atomic mass is 10.0. The molecule has 0 spiro atoms. The van der Waals surface area contributed by atoms with Gasteiger partial charge in [0, 0.05) is 0 Å². The van der Waals surface area contributed by atoms with Crippen molar-refractivity contribution in [3.05, 3.63) is 48.0 Å². The summed E-state index contributed by atoms with van der Waals surface area (Å²) >= 11 is 0. The van der Waals surface area contributed by atoms with Crippen LogP contribution in [0.4, 0.5) is 0 Å². The molecule has 0 heterocycles. The lowest BCUT2D eigenvalue weighted by Crippen LogP contribution is -2.03. The maximum absolute atomic E-state index is 11.4. The van der Waals surface area contributed by atoms with Crippen LogP contribution < -0.4 is 9.84 Å². The van der Waals surface area contributed by atoms with Crippen LogP contribution >= 0.6 is 0 Å². The van der Waals surface area contributed by atoms with Gasteiger partial charge in [-0.05, 0) is 29.3 Å². The smallest absolute Gasteiger partial charge is 0.335 e. The van der Waals surface area contributed by atoms with Gasteiger partial charge in [0.1, 0.15) is 5.75 Å². The van der Waals surface area contributed by atoms with Crippen molar-refractivity contribution in [3.8, 4) is 22.6 Å². The van der Waals surface area contributed by atoms with E-state index in [1.807, 2.05) is 6.07 Å². The molecule has 0 saturated heterocycles. The molecule has 4 heteroatoms. The summed E-state index contributed by atoms with van der Waals surface area (Å²) in [4.78, 5) is 10.9. The van der Waals surface area contributed by atoms with Crippen LogP contribution in [0.25, 0.3) is 11.1 Å². The van der Waals surface area contributed by atoms with E-state index in [0.717, 1.165) is 5.56 Å². The molecule has 0 unspecified atom stereocenters. The van der Waals surface area contributed by atoms with E-state index in [0.29, 0.717) is 11.3 Å². The number of methoxy groups -OCH3 is 1. The molecule has 0 saturated carbocycles. The van der Waals surface area contributed by atoms with Crippen molar-refractivity contribution >= 4 is 5.97 Å². The van der Waals surface area contributed by atoms with Gasteiger partial charge in [0.2, 0.25) is 0 Å². The van der Waals surface area contributed by atoms with Crippen molar-refractivity contribution in [3.63, 3.8) is 0 Å². The van der Waals surface area contributed by atoms with E-state index in [9.17, 15) is 9.90 Å². The second-order valence-corrected chi connectivity index (χ2v) is 3.75. The maximum Gasteiger partial charge on any atom is 0.335 e. The third-order valence-electron chi connectivity index (χ3n) is 2.61. The van der Waals surface area contributed by atoms with Gasteiger partial charge in [0.05, 0.1) is 12.7 Å². The Bertz CT molecular complexity index is 590. The number of benzene rings is 2. The number of rotatable bonds is 3. The molecule has 0 aromatic heterocycles. The molecule has 92 valence electrons. The minimum absolute atomic E-state index is 0.227. The lowest BCUT2D eigenvalue weighted by molar-refractivity contribution is -0.268. The molecule has 18 heavy (non-hydrogen) atoms. The molecular weight excluding hydrogens is 232 g/mol. The van der Waals surface area contributed by atoms with E-state index < -0.39 is 11.7 Å². The van der Waals surface area contributed by atoms with Gasteiger partial charge in [-0.15, -0.1) is 0 Å². The van der Waals surface area contributed by atoms with Gasteiger partial charge in [0.25, 0.3) is 0 Å². The normalized spacial score (nSPS) is 10.1. The number of ether oxygens (including phenoxy) is 1. The highest BCUT2D eigenvalue weighted by atomic mass is 16.5. The number of hydrogen-bond donors (Lipinski definition) is 1. The molecule has 0 amide bonds.